The molecule has 1 aliphatic rings. The molecule has 0 unspecified atom stereocenters. The standard InChI is InChI=1S/C32H33ClN8O5/c1-17-18(7-6-10-21(17)38-28-26-29(37-16-36-28)40(2)32(44)41(3)31(26)43)19-8-5-9-20(27(19)33)23-13-35-24(30(39-23)45-4)14-34-22-11-12-46-15-25(22)42/h5-10,13,16,22,25,34,42H,11-12,14-15H2,1-4H3,(H,36,37,38)/t22-,25+/m0/s1. The van der Waals surface area contributed by atoms with E-state index in [0.717, 1.165) is 21.3 Å². The molecule has 14 heteroatoms. The number of hydrogen-bond acceptors (Lipinski definition) is 11. The second-order valence-electron chi connectivity index (χ2n) is 11.0. The highest BCUT2D eigenvalue weighted by molar-refractivity contribution is 6.36. The molecule has 2 aromatic carbocycles. The lowest BCUT2D eigenvalue weighted by Crippen LogP contribution is -2.46. The minimum absolute atomic E-state index is 0.105. The summed E-state index contributed by atoms with van der Waals surface area (Å²) in [5.41, 5.74) is 4.26. The van der Waals surface area contributed by atoms with Crippen LogP contribution in [0.2, 0.25) is 5.02 Å². The minimum atomic E-state index is -0.589. The van der Waals surface area contributed by atoms with E-state index in [9.17, 15) is 14.7 Å². The number of methoxy groups -OCH3 is 1. The monoisotopic (exact) mass is 644 g/mol. The van der Waals surface area contributed by atoms with Crippen LogP contribution in [-0.2, 0) is 25.4 Å². The zero-order valence-electron chi connectivity index (χ0n) is 25.7. The van der Waals surface area contributed by atoms with Gasteiger partial charge in [-0.1, -0.05) is 41.9 Å². The van der Waals surface area contributed by atoms with E-state index in [2.05, 4.69) is 25.6 Å². The van der Waals surface area contributed by atoms with E-state index >= 15 is 0 Å². The molecule has 1 aliphatic heterocycles. The number of ether oxygens (including phenoxy) is 2. The molecule has 1 fully saturated rings. The smallest absolute Gasteiger partial charge is 0.332 e. The van der Waals surface area contributed by atoms with Crippen molar-refractivity contribution in [3.63, 3.8) is 0 Å². The van der Waals surface area contributed by atoms with Crippen molar-refractivity contribution in [1.29, 1.82) is 0 Å². The number of aliphatic hydroxyl groups is 1. The van der Waals surface area contributed by atoms with Crippen molar-refractivity contribution in [3.8, 4) is 28.3 Å². The van der Waals surface area contributed by atoms with E-state index in [1.807, 2.05) is 43.3 Å². The Morgan fingerprint density at radius 1 is 1.07 bits per heavy atom. The molecule has 3 N–H and O–H groups in total. The van der Waals surface area contributed by atoms with E-state index < -0.39 is 17.4 Å². The first-order valence-corrected chi connectivity index (χ1v) is 15.0. The molecule has 0 spiro atoms. The van der Waals surface area contributed by atoms with Gasteiger partial charge in [0.1, 0.15) is 23.2 Å². The maximum absolute atomic E-state index is 13.1. The summed E-state index contributed by atoms with van der Waals surface area (Å²) in [5, 5.41) is 17.5. The number of hydrogen-bond donors (Lipinski definition) is 3. The van der Waals surface area contributed by atoms with Crippen LogP contribution in [0, 0.1) is 6.92 Å². The number of anilines is 2. The van der Waals surface area contributed by atoms with E-state index in [4.69, 9.17) is 26.1 Å². The third kappa shape index (κ3) is 5.73. The highest BCUT2D eigenvalue weighted by Crippen LogP contribution is 2.39. The van der Waals surface area contributed by atoms with E-state index in [1.165, 1.54) is 25.1 Å². The highest BCUT2D eigenvalue weighted by Gasteiger charge is 2.24. The van der Waals surface area contributed by atoms with Crippen molar-refractivity contribution in [1.82, 2.24) is 34.4 Å². The van der Waals surface area contributed by atoms with Crippen LogP contribution < -0.4 is 26.6 Å². The summed E-state index contributed by atoms with van der Waals surface area (Å²) in [4.78, 5) is 43.3. The average Bonchev–Trinajstić information content (AvgIpc) is 3.07. The van der Waals surface area contributed by atoms with Gasteiger partial charge >= 0.3 is 5.69 Å². The average molecular weight is 645 g/mol. The molecule has 0 radical (unpaired) electrons. The number of aliphatic hydroxyl groups excluding tert-OH is 1. The lowest BCUT2D eigenvalue weighted by atomic mass is 9.96. The normalized spacial score (nSPS) is 16.5. The Morgan fingerprint density at radius 2 is 1.83 bits per heavy atom. The van der Waals surface area contributed by atoms with Gasteiger partial charge in [0.25, 0.3) is 5.56 Å². The minimum Gasteiger partial charge on any atom is -0.480 e. The fourth-order valence-electron chi connectivity index (χ4n) is 5.62. The molecule has 0 aliphatic carbocycles. The van der Waals surface area contributed by atoms with Crippen molar-refractivity contribution >= 4 is 34.1 Å². The van der Waals surface area contributed by atoms with Crippen LogP contribution in [0.3, 0.4) is 0 Å². The third-order valence-corrected chi connectivity index (χ3v) is 8.66. The molecule has 0 saturated carbocycles. The number of nitrogens with zero attached hydrogens (tertiary/aromatic N) is 6. The summed E-state index contributed by atoms with van der Waals surface area (Å²) in [7, 11) is 4.52. The number of nitrogens with one attached hydrogen (secondary N) is 2. The van der Waals surface area contributed by atoms with Crippen LogP contribution in [0.25, 0.3) is 33.4 Å². The predicted molar refractivity (Wildman–Crippen MR) is 175 cm³/mol. The Labute approximate surface area is 268 Å². The molecule has 6 rings (SSSR count). The summed E-state index contributed by atoms with van der Waals surface area (Å²) in [6.45, 7) is 3.20. The van der Waals surface area contributed by atoms with Crippen molar-refractivity contribution < 1.29 is 14.6 Å². The predicted octanol–water partition coefficient (Wildman–Crippen LogP) is 3.10. The third-order valence-electron chi connectivity index (χ3n) is 8.25. The van der Waals surface area contributed by atoms with Crippen LogP contribution in [0.15, 0.2) is 58.5 Å². The van der Waals surface area contributed by atoms with Crippen LogP contribution in [0.5, 0.6) is 5.88 Å². The zero-order chi connectivity index (χ0) is 32.5. The van der Waals surface area contributed by atoms with Gasteiger partial charge < -0.3 is 25.2 Å². The first-order valence-electron chi connectivity index (χ1n) is 14.6. The second kappa shape index (κ2) is 13.0. The quantitative estimate of drug-likeness (QED) is 0.228. The maximum atomic E-state index is 13.1. The molecule has 3 aromatic heterocycles. The Hall–Kier alpha value is -4.69. The summed E-state index contributed by atoms with van der Waals surface area (Å²) in [5.74, 6) is 0.640. The first kappa shape index (κ1) is 31.3. The fourth-order valence-corrected chi connectivity index (χ4v) is 5.95. The van der Waals surface area contributed by atoms with Gasteiger partial charge in [-0.3, -0.25) is 18.9 Å². The summed E-state index contributed by atoms with van der Waals surface area (Å²) in [6, 6.07) is 11.3. The van der Waals surface area contributed by atoms with Crippen molar-refractivity contribution in [2.45, 2.75) is 32.0 Å². The lowest BCUT2D eigenvalue weighted by Gasteiger charge is -2.28. The topological polar surface area (TPSA) is 158 Å². The summed E-state index contributed by atoms with van der Waals surface area (Å²) < 4.78 is 13.2. The van der Waals surface area contributed by atoms with Crippen LogP contribution in [-0.4, -0.2) is 66.6 Å². The van der Waals surface area contributed by atoms with Gasteiger partial charge in [0.15, 0.2) is 5.65 Å². The van der Waals surface area contributed by atoms with Gasteiger partial charge in [0, 0.05) is 50.1 Å². The zero-order valence-corrected chi connectivity index (χ0v) is 26.5. The van der Waals surface area contributed by atoms with Gasteiger partial charge in [-0.05, 0) is 30.5 Å². The van der Waals surface area contributed by atoms with Gasteiger partial charge in [0.2, 0.25) is 5.88 Å². The van der Waals surface area contributed by atoms with E-state index in [-0.39, 0.29) is 22.9 Å². The number of aromatic nitrogens is 6. The van der Waals surface area contributed by atoms with Gasteiger partial charge in [-0.2, -0.15) is 0 Å². The molecule has 4 heterocycles. The number of benzene rings is 2. The molecule has 46 heavy (non-hydrogen) atoms. The molecule has 0 amide bonds. The van der Waals surface area contributed by atoms with Crippen molar-refractivity contribution in [2.24, 2.45) is 14.1 Å². The highest BCUT2D eigenvalue weighted by atomic mass is 35.5. The summed E-state index contributed by atoms with van der Waals surface area (Å²) >= 11 is 7.05. The molecule has 13 nitrogen and oxygen atoms in total. The fraction of sp³-hybridized carbons (Fsp3) is 0.312. The molecule has 0 bridgehead atoms. The summed E-state index contributed by atoms with van der Waals surface area (Å²) in [6.07, 6.45) is 3.08. The Morgan fingerprint density at radius 3 is 2.61 bits per heavy atom. The van der Waals surface area contributed by atoms with Crippen molar-refractivity contribution in [2.75, 3.05) is 25.6 Å². The Kier molecular flexibility index (Phi) is 8.82. The molecule has 1 saturated heterocycles. The van der Waals surface area contributed by atoms with Gasteiger partial charge in [0.05, 0.1) is 36.7 Å². The molecule has 5 aromatic rings. The largest absolute Gasteiger partial charge is 0.480 e. The van der Waals surface area contributed by atoms with Gasteiger partial charge in [-0.15, -0.1) is 0 Å². The number of fused-ring (bicyclic) bond motifs is 1. The maximum Gasteiger partial charge on any atom is 0.332 e. The van der Waals surface area contributed by atoms with Crippen LogP contribution in [0.1, 0.15) is 17.7 Å². The molecular formula is C32H33ClN8O5. The lowest BCUT2D eigenvalue weighted by molar-refractivity contribution is -0.0281. The van der Waals surface area contributed by atoms with Gasteiger partial charge in [-0.25, -0.2) is 19.7 Å². The Balaban J connectivity index is 1.32. The van der Waals surface area contributed by atoms with E-state index in [1.54, 1.807) is 13.2 Å². The first-order chi connectivity index (χ1) is 22.2. The SMILES string of the molecule is COc1nc(-c2cccc(-c3cccc(Nc4ncnc5c4c(=O)n(C)c(=O)n5C)c3C)c2Cl)cnc1CN[C@H]1CCOC[C@H]1O. The van der Waals surface area contributed by atoms with E-state index in [0.29, 0.717) is 59.7 Å². The van der Waals surface area contributed by atoms with Crippen LogP contribution in [0.4, 0.5) is 11.5 Å². The number of halogens is 1. The van der Waals surface area contributed by atoms with Crippen LogP contribution >= 0.6 is 11.6 Å². The number of rotatable bonds is 8. The number of aryl methyl sites for hydroxylation is 1. The second-order valence-corrected chi connectivity index (χ2v) is 11.4. The molecule has 2 atom stereocenters. The molecule has 238 valence electrons. The van der Waals surface area contributed by atoms with Crippen molar-refractivity contribution in [3.05, 3.63) is 86.0 Å². The Bertz CT molecular complexity index is 2060. The molecular weight excluding hydrogens is 612 g/mol.